The van der Waals surface area contributed by atoms with Gasteiger partial charge in [0, 0.05) is 22.1 Å². The summed E-state index contributed by atoms with van der Waals surface area (Å²) in [6.45, 7) is 12.1. The van der Waals surface area contributed by atoms with Crippen LogP contribution in [0.25, 0.3) is 66.9 Å². The molecule has 0 bridgehead atoms. The van der Waals surface area contributed by atoms with E-state index in [1.54, 1.807) is 0 Å². The van der Waals surface area contributed by atoms with E-state index in [4.69, 9.17) is 9.97 Å². The van der Waals surface area contributed by atoms with E-state index in [0.29, 0.717) is 0 Å². The fraction of sp³-hybridized carbons (Fsp3) is 0.136. The third kappa shape index (κ3) is 5.21. The highest BCUT2D eigenvalue weighted by Gasteiger charge is 2.36. The molecule has 0 radical (unpaired) electrons. The van der Waals surface area contributed by atoms with E-state index in [0.717, 1.165) is 33.9 Å². The van der Waals surface area contributed by atoms with Gasteiger partial charge in [-0.05, 0) is 68.4 Å². The topological polar surface area (TPSA) is 25.8 Å². The lowest BCUT2D eigenvalue weighted by Crippen LogP contribution is -2.38. The first kappa shape index (κ1) is 29.3. The average Bonchev–Trinajstić information content (AvgIpc) is 3.33. The Morgan fingerprint density at radius 1 is 0.447 bits per heavy atom. The van der Waals surface area contributed by atoms with Gasteiger partial charge in [0.05, 0.1) is 19.5 Å². The highest BCUT2D eigenvalue weighted by molar-refractivity contribution is 6.88. The minimum atomic E-state index is -1.42. The third-order valence-corrected chi connectivity index (χ3v) is 11.9. The summed E-state index contributed by atoms with van der Waals surface area (Å²) < 4.78 is 0. The summed E-state index contributed by atoms with van der Waals surface area (Å²) in [6.07, 6.45) is 0. The Bertz CT molecular complexity index is 2310. The molecule has 0 spiro atoms. The first-order valence-electron chi connectivity index (χ1n) is 16.5. The van der Waals surface area contributed by atoms with Crippen molar-refractivity contribution in [3.63, 3.8) is 0 Å². The van der Waals surface area contributed by atoms with Crippen molar-refractivity contribution in [2.75, 3.05) is 0 Å². The van der Waals surface area contributed by atoms with Crippen molar-refractivity contribution < 1.29 is 0 Å². The van der Waals surface area contributed by atoms with Crippen LogP contribution in [0, 0.1) is 0 Å². The Hall–Kier alpha value is -5.12. The highest BCUT2D eigenvalue weighted by atomic mass is 28.3. The zero-order valence-electron chi connectivity index (χ0n) is 27.7. The maximum atomic E-state index is 5.17. The molecule has 7 aromatic rings. The second-order valence-electron chi connectivity index (χ2n) is 14.4. The summed E-state index contributed by atoms with van der Waals surface area (Å²) in [4.78, 5) is 10.2. The number of hydrogen-bond donors (Lipinski definition) is 0. The third-order valence-electron chi connectivity index (χ3n) is 9.84. The van der Waals surface area contributed by atoms with Gasteiger partial charge in [0.25, 0.3) is 0 Å². The molecular formula is C44H38N2Si. The molecule has 6 aromatic carbocycles. The average molecular weight is 623 g/mol. The first-order chi connectivity index (χ1) is 22.6. The largest absolute Gasteiger partial charge is 0.228 e. The number of rotatable bonds is 5. The Labute approximate surface area is 278 Å². The van der Waals surface area contributed by atoms with Gasteiger partial charge in [-0.3, -0.25) is 0 Å². The number of hydrogen-bond acceptors (Lipinski definition) is 2. The molecule has 3 heteroatoms. The van der Waals surface area contributed by atoms with Crippen LogP contribution in [0.2, 0.25) is 19.6 Å². The van der Waals surface area contributed by atoms with Crippen LogP contribution in [0.4, 0.5) is 0 Å². The van der Waals surface area contributed by atoms with Crippen molar-refractivity contribution in [2.24, 2.45) is 0 Å². The van der Waals surface area contributed by atoms with E-state index in [-0.39, 0.29) is 5.41 Å². The fourth-order valence-electron chi connectivity index (χ4n) is 7.05. The molecule has 1 aliphatic rings. The smallest absolute Gasteiger partial charge is 0.160 e. The zero-order valence-corrected chi connectivity index (χ0v) is 28.7. The summed E-state index contributed by atoms with van der Waals surface area (Å²) in [5.41, 5.74) is 12.9. The molecule has 1 aromatic heterocycles. The quantitative estimate of drug-likeness (QED) is 0.179. The predicted octanol–water partition coefficient (Wildman–Crippen LogP) is 11.1. The number of fused-ring (bicyclic) bond motifs is 4. The SMILES string of the molecule is CC1(C)c2cc(-c3cccc(-c4cc(-c5ccccc5)nc(-c5ccc6ccccc6c5)n4)c3)ccc2-c2ccc([Si](C)(C)C)cc21. The van der Waals surface area contributed by atoms with E-state index in [2.05, 4.69) is 167 Å². The number of benzene rings is 6. The lowest BCUT2D eigenvalue weighted by atomic mass is 9.81. The molecule has 1 aliphatic carbocycles. The number of aromatic nitrogens is 2. The minimum Gasteiger partial charge on any atom is -0.228 e. The van der Waals surface area contributed by atoms with Crippen molar-refractivity contribution >= 4 is 24.0 Å². The molecular weight excluding hydrogens is 585 g/mol. The van der Waals surface area contributed by atoms with E-state index < -0.39 is 8.07 Å². The van der Waals surface area contributed by atoms with Gasteiger partial charge in [0.2, 0.25) is 0 Å². The second kappa shape index (κ2) is 11.0. The summed E-state index contributed by atoms with van der Waals surface area (Å²) in [5, 5.41) is 3.91. The second-order valence-corrected chi connectivity index (χ2v) is 19.4. The van der Waals surface area contributed by atoms with Gasteiger partial charge in [-0.15, -0.1) is 0 Å². The molecule has 228 valence electrons. The van der Waals surface area contributed by atoms with Gasteiger partial charge in [0.15, 0.2) is 5.82 Å². The van der Waals surface area contributed by atoms with Crippen LogP contribution in [0.1, 0.15) is 25.0 Å². The van der Waals surface area contributed by atoms with Gasteiger partial charge < -0.3 is 0 Å². The van der Waals surface area contributed by atoms with Crippen molar-refractivity contribution in [3.05, 3.63) is 151 Å². The molecule has 0 aliphatic heterocycles. The summed E-state index contributed by atoms with van der Waals surface area (Å²) in [6, 6.07) is 50.5. The van der Waals surface area contributed by atoms with Crippen LogP contribution in [0.5, 0.6) is 0 Å². The molecule has 0 saturated carbocycles. The molecule has 1 heterocycles. The van der Waals surface area contributed by atoms with E-state index >= 15 is 0 Å². The van der Waals surface area contributed by atoms with Gasteiger partial charge in [-0.2, -0.15) is 0 Å². The number of nitrogens with zero attached hydrogens (tertiary/aromatic N) is 2. The maximum Gasteiger partial charge on any atom is 0.160 e. The molecule has 0 unspecified atom stereocenters. The Balaban J connectivity index is 1.22. The van der Waals surface area contributed by atoms with E-state index in [9.17, 15) is 0 Å². The zero-order chi connectivity index (χ0) is 32.3. The van der Waals surface area contributed by atoms with Gasteiger partial charge in [-0.1, -0.05) is 154 Å². The van der Waals surface area contributed by atoms with Crippen LogP contribution in [-0.2, 0) is 5.41 Å². The van der Waals surface area contributed by atoms with Crippen LogP contribution in [-0.4, -0.2) is 18.0 Å². The Kier molecular flexibility index (Phi) is 6.85. The van der Waals surface area contributed by atoms with Crippen LogP contribution in [0.15, 0.2) is 140 Å². The molecule has 0 N–H and O–H groups in total. The molecule has 0 fully saturated rings. The van der Waals surface area contributed by atoms with E-state index in [1.165, 1.54) is 49.3 Å². The van der Waals surface area contributed by atoms with Gasteiger partial charge >= 0.3 is 0 Å². The summed E-state index contributed by atoms with van der Waals surface area (Å²) in [5.74, 6) is 0.729. The summed E-state index contributed by atoms with van der Waals surface area (Å²) in [7, 11) is -1.42. The lowest BCUT2D eigenvalue weighted by molar-refractivity contribution is 0.661. The normalized spacial score (nSPS) is 13.4. The minimum absolute atomic E-state index is 0.0556. The Morgan fingerprint density at radius 2 is 1.04 bits per heavy atom. The molecule has 47 heavy (non-hydrogen) atoms. The predicted molar refractivity (Wildman–Crippen MR) is 202 cm³/mol. The van der Waals surface area contributed by atoms with Crippen molar-refractivity contribution in [1.82, 2.24) is 9.97 Å². The monoisotopic (exact) mass is 622 g/mol. The fourth-order valence-corrected chi connectivity index (χ4v) is 8.21. The first-order valence-corrected chi connectivity index (χ1v) is 20.0. The van der Waals surface area contributed by atoms with Crippen molar-refractivity contribution in [3.8, 4) is 56.2 Å². The molecule has 8 rings (SSSR count). The van der Waals surface area contributed by atoms with Crippen LogP contribution >= 0.6 is 0 Å². The molecule has 0 atom stereocenters. The summed E-state index contributed by atoms with van der Waals surface area (Å²) >= 11 is 0. The Morgan fingerprint density at radius 3 is 1.81 bits per heavy atom. The van der Waals surface area contributed by atoms with E-state index in [1.807, 2.05) is 6.07 Å². The maximum absolute atomic E-state index is 5.17. The van der Waals surface area contributed by atoms with Crippen LogP contribution < -0.4 is 5.19 Å². The van der Waals surface area contributed by atoms with Crippen molar-refractivity contribution in [2.45, 2.75) is 38.9 Å². The van der Waals surface area contributed by atoms with Gasteiger partial charge in [0.1, 0.15) is 0 Å². The van der Waals surface area contributed by atoms with Gasteiger partial charge in [-0.25, -0.2) is 9.97 Å². The highest BCUT2D eigenvalue weighted by Crippen LogP contribution is 2.49. The standard InChI is InChI=1S/C44H38N2Si/c1-44(2)39-26-33(20-22-37(39)38-23-21-36(27-40(38)44)47(3,4)5)32-16-11-17-34(24-32)42-28-41(30-13-7-6-8-14-30)45-43(46-42)35-19-18-29-12-9-10-15-31(29)25-35/h6-28H,1-5H3. The molecule has 2 nitrogen and oxygen atoms in total. The van der Waals surface area contributed by atoms with Crippen molar-refractivity contribution in [1.29, 1.82) is 0 Å². The lowest BCUT2D eigenvalue weighted by Gasteiger charge is -2.24. The molecule has 0 amide bonds. The molecule has 0 saturated heterocycles. The van der Waals surface area contributed by atoms with Crippen LogP contribution in [0.3, 0.4) is 0 Å².